The second-order valence-electron chi connectivity index (χ2n) is 6.43. The number of hydrogen-bond acceptors (Lipinski definition) is 7. The number of hydrogen-bond donors (Lipinski definition) is 1. The zero-order valence-corrected chi connectivity index (χ0v) is 15.9. The number of anilines is 1. The number of methoxy groups -OCH3 is 1. The third kappa shape index (κ3) is 5.66. The van der Waals surface area contributed by atoms with Crippen molar-refractivity contribution in [1.29, 1.82) is 0 Å². The topological polar surface area (TPSA) is 128 Å². The summed E-state index contributed by atoms with van der Waals surface area (Å²) in [7, 11) is 1.29. The van der Waals surface area contributed by atoms with Gasteiger partial charge in [-0.2, -0.15) is 0 Å². The van der Waals surface area contributed by atoms with Crippen LogP contribution in [-0.2, 0) is 19.1 Å². The molecule has 0 radical (unpaired) electrons. The second-order valence-corrected chi connectivity index (χ2v) is 6.43. The van der Waals surface area contributed by atoms with Crippen LogP contribution in [0.5, 0.6) is 5.75 Å². The van der Waals surface area contributed by atoms with Gasteiger partial charge in [-0.25, -0.2) is 0 Å². The van der Waals surface area contributed by atoms with Gasteiger partial charge in [0.2, 0.25) is 5.91 Å². The van der Waals surface area contributed by atoms with Gasteiger partial charge in [0.1, 0.15) is 6.54 Å². The van der Waals surface area contributed by atoms with E-state index < -0.39 is 23.4 Å². The molecule has 0 aliphatic carbocycles. The molecule has 0 atom stereocenters. The van der Waals surface area contributed by atoms with E-state index in [1.165, 1.54) is 24.1 Å². The zero-order chi connectivity index (χ0) is 20.7. The molecule has 1 saturated heterocycles. The molecule has 10 nitrogen and oxygen atoms in total. The quantitative estimate of drug-likeness (QED) is 0.425. The first-order valence-electron chi connectivity index (χ1n) is 8.88. The van der Waals surface area contributed by atoms with Crippen molar-refractivity contribution in [2.45, 2.75) is 32.6 Å². The van der Waals surface area contributed by atoms with E-state index >= 15 is 0 Å². The summed E-state index contributed by atoms with van der Waals surface area (Å²) in [6.45, 7) is 1.39. The number of aryl methyl sites for hydroxylation is 1. The molecular weight excluding hydrogens is 370 g/mol. The molecule has 1 aromatic carbocycles. The SMILES string of the molecule is COc1cc(NC(=O)COC(=O)CN2CCCCCC2=O)c(C)cc1[N+](=O)[O-]. The van der Waals surface area contributed by atoms with Crippen molar-refractivity contribution in [1.82, 2.24) is 4.90 Å². The molecule has 0 spiro atoms. The van der Waals surface area contributed by atoms with E-state index in [2.05, 4.69) is 5.32 Å². The maximum atomic E-state index is 12.1. The monoisotopic (exact) mass is 393 g/mol. The Labute approximate surface area is 161 Å². The van der Waals surface area contributed by atoms with Gasteiger partial charge in [-0.15, -0.1) is 0 Å². The van der Waals surface area contributed by atoms with E-state index in [1.54, 1.807) is 6.92 Å². The Morgan fingerprint density at radius 2 is 2.04 bits per heavy atom. The number of amides is 2. The molecule has 1 aliphatic heterocycles. The van der Waals surface area contributed by atoms with Crippen molar-refractivity contribution in [3.63, 3.8) is 0 Å². The Morgan fingerprint density at radius 1 is 1.29 bits per heavy atom. The summed E-state index contributed by atoms with van der Waals surface area (Å²) in [4.78, 5) is 47.7. The number of rotatable bonds is 7. The number of esters is 1. The molecule has 28 heavy (non-hydrogen) atoms. The Balaban J connectivity index is 1.90. The number of nitro benzene ring substituents is 1. The first-order chi connectivity index (χ1) is 13.3. The molecule has 1 aromatic rings. The molecule has 152 valence electrons. The lowest BCUT2D eigenvalue weighted by atomic mass is 10.1. The highest BCUT2D eigenvalue weighted by atomic mass is 16.6. The van der Waals surface area contributed by atoms with Crippen molar-refractivity contribution in [2.75, 3.05) is 32.1 Å². The number of ether oxygens (including phenoxy) is 2. The normalized spacial score (nSPS) is 14.2. The second kappa shape index (κ2) is 9.67. The predicted molar refractivity (Wildman–Crippen MR) is 99.0 cm³/mol. The average Bonchev–Trinajstić information content (AvgIpc) is 2.85. The minimum Gasteiger partial charge on any atom is -0.490 e. The molecule has 2 rings (SSSR count). The van der Waals surface area contributed by atoms with Crippen molar-refractivity contribution < 1.29 is 28.8 Å². The fourth-order valence-corrected chi connectivity index (χ4v) is 2.85. The fraction of sp³-hybridized carbons (Fsp3) is 0.500. The highest BCUT2D eigenvalue weighted by molar-refractivity contribution is 5.94. The number of carbonyl (C=O) groups excluding carboxylic acids is 3. The largest absolute Gasteiger partial charge is 0.490 e. The van der Waals surface area contributed by atoms with Crippen LogP contribution in [0, 0.1) is 17.0 Å². The van der Waals surface area contributed by atoms with Crippen LogP contribution in [0.4, 0.5) is 11.4 Å². The zero-order valence-electron chi connectivity index (χ0n) is 15.9. The number of carbonyl (C=O) groups is 3. The number of nitro groups is 1. The maximum Gasteiger partial charge on any atom is 0.326 e. The molecule has 1 heterocycles. The maximum absolute atomic E-state index is 12.1. The van der Waals surface area contributed by atoms with Crippen LogP contribution in [0.3, 0.4) is 0 Å². The van der Waals surface area contributed by atoms with Crippen LogP contribution in [0.1, 0.15) is 31.2 Å². The van der Waals surface area contributed by atoms with E-state index in [0.29, 0.717) is 24.2 Å². The third-order valence-corrected chi connectivity index (χ3v) is 4.35. The van der Waals surface area contributed by atoms with Crippen LogP contribution in [-0.4, -0.2) is 54.4 Å². The standard InChI is InChI=1S/C18H23N3O7/c1-12-8-14(21(25)26)15(27-2)9-13(12)19-16(22)11-28-18(24)10-20-7-5-3-4-6-17(20)23/h8-9H,3-7,10-11H2,1-2H3,(H,19,22). The van der Waals surface area contributed by atoms with Gasteiger partial charge >= 0.3 is 11.7 Å². The number of nitrogens with one attached hydrogen (secondary N) is 1. The van der Waals surface area contributed by atoms with Gasteiger partial charge < -0.3 is 19.7 Å². The summed E-state index contributed by atoms with van der Waals surface area (Å²) in [5.74, 6) is -1.35. The smallest absolute Gasteiger partial charge is 0.326 e. The van der Waals surface area contributed by atoms with Crippen molar-refractivity contribution >= 4 is 29.2 Å². The Morgan fingerprint density at radius 3 is 2.71 bits per heavy atom. The number of nitrogens with zero attached hydrogens (tertiary/aromatic N) is 2. The number of benzene rings is 1. The van der Waals surface area contributed by atoms with E-state index in [-0.39, 0.29) is 23.9 Å². The van der Waals surface area contributed by atoms with Crippen LogP contribution < -0.4 is 10.1 Å². The van der Waals surface area contributed by atoms with Crippen LogP contribution in [0.25, 0.3) is 0 Å². The summed E-state index contributed by atoms with van der Waals surface area (Å²) < 4.78 is 9.91. The molecule has 10 heteroatoms. The molecule has 0 aromatic heterocycles. The molecule has 0 bridgehead atoms. The first-order valence-corrected chi connectivity index (χ1v) is 8.88. The fourth-order valence-electron chi connectivity index (χ4n) is 2.85. The van der Waals surface area contributed by atoms with Crippen molar-refractivity contribution in [3.05, 3.63) is 27.8 Å². The van der Waals surface area contributed by atoms with Gasteiger partial charge in [-0.05, 0) is 25.3 Å². The summed E-state index contributed by atoms with van der Waals surface area (Å²) in [5, 5.41) is 13.5. The molecule has 1 N–H and O–H groups in total. The van der Waals surface area contributed by atoms with Crippen LogP contribution >= 0.6 is 0 Å². The van der Waals surface area contributed by atoms with Gasteiger partial charge in [0.25, 0.3) is 5.91 Å². The first kappa shape index (κ1) is 21.1. The molecular formula is C18H23N3O7. The third-order valence-electron chi connectivity index (χ3n) is 4.35. The van der Waals surface area contributed by atoms with Gasteiger partial charge in [-0.1, -0.05) is 6.42 Å². The van der Waals surface area contributed by atoms with E-state index in [1.807, 2.05) is 0 Å². The molecule has 0 unspecified atom stereocenters. The lowest BCUT2D eigenvalue weighted by molar-refractivity contribution is -0.385. The molecule has 1 aliphatic rings. The lowest BCUT2D eigenvalue weighted by Crippen LogP contribution is -2.36. The van der Waals surface area contributed by atoms with Gasteiger partial charge in [0, 0.05) is 30.8 Å². The Bertz CT molecular complexity index is 779. The lowest BCUT2D eigenvalue weighted by Gasteiger charge is -2.19. The summed E-state index contributed by atoms with van der Waals surface area (Å²) in [5.41, 5.74) is 0.556. The summed E-state index contributed by atoms with van der Waals surface area (Å²) in [6.07, 6.45) is 3.00. The summed E-state index contributed by atoms with van der Waals surface area (Å²) in [6, 6.07) is 2.62. The average molecular weight is 393 g/mol. The minimum absolute atomic E-state index is 0.00238. The van der Waals surface area contributed by atoms with E-state index in [4.69, 9.17) is 9.47 Å². The molecule has 1 fully saturated rings. The van der Waals surface area contributed by atoms with Gasteiger partial charge in [-0.3, -0.25) is 24.5 Å². The van der Waals surface area contributed by atoms with E-state index in [0.717, 1.165) is 19.3 Å². The van der Waals surface area contributed by atoms with Crippen molar-refractivity contribution in [3.8, 4) is 5.75 Å². The van der Waals surface area contributed by atoms with Crippen LogP contribution in [0.15, 0.2) is 12.1 Å². The highest BCUT2D eigenvalue weighted by Gasteiger charge is 2.21. The highest BCUT2D eigenvalue weighted by Crippen LogP contribution is 2.32. The Kier molecular flexibility index (Phi) is 7.30. The van der Waals surface area contributed by atoms with Crippen molar-refractivity contribution in [2.24, 2.45) is 0 Å². The van der Waals surface area contributed by atoms with Gasteiger partial charge in [0.05, 0.1) is 12.0 Å². The molecule has 2 amide bonds. The predicted octanol–water partition coefficient (Wildman–Crippen LogP) is 1.80. The minimum atomic E-state index is -0.664. The number of likely N-dealkylation sites (tertiary alicyclic amines) is 1. The van der Waals surface area contributed by atoms with E-state index in [9.17, 15) is 24.5 Å². The Hall–Kier alpha value is -3.17. The van der Waals surface area contributed by atoms with Crippen LogP contribution in [0.2, 0.25) is 0 Å². The van der Waals surface area contributed by atoms with Gasteiger partial charge in [0.15, 0.2) is 12.4 Å². The molecule has 0 saturated carbocycles. The summed E-state index contributed by atoms with van der Waals surface area (Å²) >= 11 is 0.